The highest BCUT2D eigenvalue weighted by Crippen LogP contribution is 2.13. The van der Waals surface area contributed by atoms with Crippen LogP contribution in [0, 0.1) is 0 Å². The summed E-state index contributed by atoms with van der Waals surface area (Å²) in [6, 6.07) is 0. The Morgan fingerprint density at radius 3 is 2.94 bits per heavy atom. The Hall–Kier alpha value is -0.650. The third-order valence-electron chi connectivity index (χ3n) is 2.51. The van der Waals surface area contributed by atoms with Crippen molar-refractivity contribution in [2.45, 2.75) is 12.3 Å². The lowest BCUT2D eigenvalue weighted by atomic mass is 10.3. The van der Waals surface area contributed by atoms with E-state index >= 15 is 0 Å². The molecule has 1 amide bonds. The SMILES string of the molecule is O=C(Cc1nc(CCl)cs1)N1CCNCC1. The van der Waals surface area contributed by atoms with Crippen LogP contribution in [-0.4, -0.2) is 42.0 Å². The second-order valence-corrected chi connectivity index (χ2v) is 4.88. The molecule has 1 aromatic heterocycles. The molecule has 0 aliphatic carbocycles. The van der Waals surface area contributed by atoms with E-state index in [-0.39, 0.29) is 5.91 Å². The maximum absolute atomic E-state index is 11.9. The highest BCUT2D eigenvalue weighted by molar-refractivity contribution is 7.09. The van der Waals surface area contributed by atoms with E-state index in [1.165, 1.54) is 11.3 Å². The maximum Gasteiger partial charge on any atom is 0.229 e. The standard InChI is InChI=1S/C10H14ClN3OS/c11-6-8-7-16-9(13-8)5-10(15)14-3-1-12-2-4-14/h7,12H,1-6H2. The normalized spacial score (nSPS) is 16.4. The predicted octanol–water partition coefficient (Wildman–Crippen LogP) is 0.856. The molecular weight excluding hydrogens is 246 g/mol. The molecule has 1 aliphatic heterocycles. The van der Waals surface area contributed by atoms with Gasteiger partial charge in [-0.1, -0.05) is 0 Å². The van der Waals surface area contributed by atoms with E-state index < -0.39 is 0 Å². The topological polar surface area (TPSA) is 45.2 Å². The summed E-state index contributed by atoms with van der Waals surface area (Å²) in [6.07, 6.45) is 0.404. The molecule has 0 atom stereocenters. The van der Waals surface area contributed by atoms with Crippen LogP contribution in [0.2, 0.25) is 0 Å². The number of rotatable bonds is 3. The van der Waals surface area contributed by atoms with Gasteiger partial charge in [-0.2, -0.15) is 0 Å². The Kier molecular flexibility index (Phi) is 4.15. The lowest BCUT2D eigenvalue weighted by Gasteiger charge is -2.27. The van der Waals surface area contributed by atoms with E-state index in [9.17, 15) is 4.79 Å². The number of carbonyl (C=O) groups is 1. The van der Waals surface area contributed by atoms with Gasteiger partial charge in [0.05, 0.1) is 18.0 Å². The molecular formula is C10H14ClN3OS. The molecule has 16 heavy (non-hydrogen) atoms. The third kappa shape index (κ3) is 2.93. The number of piperazine rings is 1. The van der Waals surface area contributed by atoms with Gasteiger partial charge in [-0.05, 0) is 0 Å². The van der Waals surface area contributed by atoms with Crippen LogP contribution in [0.3, 0.4) is 0 Å². The average Bonchev–Trinajstić information content (AvgIpc) is 2.78. The number of amides is 1. The van der Waals surface area contributed by atoms with Crippen LogP contribution in [-0.2, 0) is 17.1 Å². The van der Waals surface area contributed by atoms with Gasteiger partial charge in [0.1, 0.15) is 5.01 Å². The Balaban J connectivity index is 1.90. The molecule has 1 N–H and O–H groups in total. The number of hydrogen-bond donors (Lipinski definition) is 1. The van der Waals surface area contributed by atoms with Gasteiger partial charge in [-0.25, -0.2) is 4.98 Å². The smallest absolute Gasteiger partial charge is 0.229 e. The maximum atomic E-state index is 11.9. The first-order valence-electron chi connectivity index (χ1n) is 5.27. The van der Waals surface area contributed by atoms with Crippen LogP contribution < -0.4 is 5.32 Å². The fraction of sp³-hybridized carbons (Fsp3) is 0.600. The Morgan fingerprint density at radius 2 is 2.31 bits per heavy atom. The van der Waals surface area contributed by atoms with Crippen LogP contribution in [0.25, 0.3) is 0 Å². The monoisotopic (exact) mass is 259 g/mol. The summed E-state index contributed by atoms with van der Waals surface area (Å²) in [7, 11) is 0. The molecule has 1 aliphatic rings. The zero-order chi connectivity index (χ0) is 11.4. The fourth-order valence-electron chi connectivity index (χ4n) is 1.65. The van der Waals surface area contributed by atoms with Crippen LogP contribution in [0.5, 0.6) is 0 Å². The predicted molar refractivity (Wildman–Crippen MR) is 64.8 cm³/mol. The molecule has 1 saturated heterocycles. The van der Waals surface area contributed by atoms with Crippen molar-refractivity contribution in [3.05, 3.63) is 16.1 Å². The molecule has 0 unspecified atom stereocenters. The molecule has 0 saturated carbocycles. The molecule has 0 spiro atoms. The minimum Gasteiger partial charge on any atom is -0.340 e. The highest BCUT2D eigenvalue weighted by Gasteiger charge is 2.17. The molecule has 2 heterocycles. The number of nitrogens with one attached hydrogen (secondary N) is 1. The van der Waals surface area contributed by atoms with Gasteiger partial charge in [0.25, 0.3) is 0 Å². The summed E-state index contributed by atoms with van der Waals surface area (Å²) in [6.45, 7) is 3.37. The van der Waals surface area contributed by atoms with E-state index in [2.05, 4.69) is 10.3 Å². The summed E-state index contributed by atoms with van der Waals surface area (Å²) >= 11 is 7.17. The number of aromatic nitrogens is 1. The molecule has 0 radical (unpaired) electrons. The first-order valence-corrected chi connectivity index (χ1v) is 6.69. The van der Waals surface area contributed by atoms with Crippen molar-refractivity contribution in [3.8, 4) is 0 Å². The Labute approximate surface area is 104 Å². The molecule has 1 aromatic rings. The number of hydrogen-bond acceptors (Lipinski definition) is 4. The summed E-state index contributed by atoms with van der Waals surface area (Å²) in [5.74, 6) is 0.579. The second-order valence-electron chi connectivity index (χ2n) is 3.67. The van der Waals surface area contributed by atoms with Gasteiger partial charge >= 0.3 is 0 Å². The van der Waals surface area contributed by atoms with Gasteiger partial charge in [0.15, 0.2) is 0 Å². The van der Waals surface area contributed by atoms with E-state index in [1.54, 1.807) is 0 Å². The number of nitrogens with zero attached hydrogens (tertiary/aromatic N) is 2. The first-order chi connectivity index (χ1) is 7.79. The molecule has 4 nitrogen and oxygen atoms in total. The highest BCUT2D eigenvalue weighted by atomic mass is 35.5. The first kappa shape index (κ1) is 11.8. The fourth-order valence-corrected chi connectivity index (χ4v) is 2.66. The van der Waals surface area contributed by atoms with Crippen molar-refractivity contribution in [1.82, 2.24) is 15.2 Å². The number of alkyl halides is 1. The zero-order valence-corrected chi connectivity index (χ0v) is 10.5. The molecule has 0 bridgehead atoms. The minimum absolute atomic E-state index is 0.164. The summed E-state index contributed by atoms with van der Waals surface area (Å²) in [5.41, 5.74) is 0.856. The lowest BCUT2D eigenvalue weighted by Crippen LogP contribution is -2.46. The summed E-state index contributed by atoms with van der Waals surface area (Å²) in [4.78, 5) is 18.1. The van der Waals surface area contributed by atoms with Gasteiger partial charge in [-0.15, -0.1) is 22.9 Å². The average molecular weight is 260 g/mol. The van der Waals surface area contributed by atoms with E-state index in [4.69, 9.17) is 11.6 Å². The minimum atomic E-state index is 0.164. The van der Waals surface area contributed by atoms with Gasteiger partial charge in [0.2, 0.25) is 5.91 Å². The van der Waals surface area contributed by atoms with Gasteiger partial charge < -0.3 is 10.2 Å². The number of carbonyl (C=O) groups excluding carboxylic acids is 1. The van der Waals surface area contributed by atoms with Crippen molar-refractivity contribution >= 4 is 28.8 Å². The largest absolute Gasteiger partial charge is 0.340 e. The van der Waals surface area contributed by atoms with Crippen LogP contribution in [0.4, 0.5) is 0 Å². The van der Waals surface area contributed by atoms with Crippen molar-refractivity contribution < 1.29 is 4.79 Å². The summed E-state index contributed by atoms with van der Waals surface area (Å²) < 4.78 is 0. The summed E-state index contributed by atoms with van der Waals surface area (Å²) in [5, 5.41) is 5.99. The Bertz CT molecular complexity index is 363. The molecule has 88 valence electrons. The lowest BCUT2D eigenvalue weighted by molar-refractivity contribution is -0.131. The van der Waals surface area contributed by atoms with Crippen LogP contribution >= 0.6 is 22.9 Å². The van der Waals surface area contributed by atoms with Crippen LogP contribution in [0.15, 0.2) is 5.38 Å². The van der Waals surface area contributed by atoms with Crippen molar-refractivity contribution in [2.24, 2.45) is 0 Å². The second kappa shape index (κ2) is 5.61. The molecule has 1 fully saturated rings. The van der Waals surface area contributed by atoms with Gasteiger partial charge in [0, 0.05) is 31.6 Å². The van der Waals surface area contributed by atoms with Crippen molar-refractivity contribution in [2.75, 3.05) is 26.2 Å². The van der Waals surface area contributed by atoms with E-state index in [0.717, 1.165) is 36.9 Å². The van der Waals surface area contributed by atoms with Crippen molar-refractivity contribution in [3.63, 3.8) is 0 Å². The van der Waals surface area contributed by atoms with Gasteiger partial charge in [-0.3, -0.25) is 4.79 Å². The van der Waals surface area contributed by atoms with Crippen LogP contribution in [0.1, 0.15) is 10.7 Å². The molecule has 2 rings (SSSR count). The van der Waals surface area contributed by atoms with E-state index in [1.807, 2.05) is 10.3 Å². The molecule has 0 aromatic carbocycles. The molecule has 6 heteroatoms. The van der Waals surface area contributed by atoms with E-state index in [0.29, 0.717) is 12.3 Å². The number of halogens is 1. The quantitative estimate of drug-likeness (QED) is 0.819. The zero-order valence-electron chi connectivity index (χ0n) is 8.91. The van der Waals surface area contributed by atoms with Crippen molar-refractivity contribution in [1.29, 1.82) is 0 Å². The number of thiazole rings is 1. The Morgan fingerprint density at radius 1 is 1.56 bits per heavy atom. The third-order valence-corrected chi connectivity index (χ3v) is 3.68.